The smallest absolute Gasteiger partial charge is 0.264 e. The summed E-state index contributed by atoms with van der Waals surface area (Å²) in [6.45, 7) is 4.17. The Bertz CT molecular complexity index is 990. The van der Waals surface area contributed by atoms with Crippen LogP contribution in [0.4, 0.5) is 5.69 Å². The summed E-state index contributed by atoms with van der Waals surface area (Å²) in [6, 6.07) is 7.96. The van der Waals surface area contributed by atoms with Crippen molar-refractivity contribution in [2.75, 3.05) is 17.8 Å². The molecule has 0 bridgehead atoms. The molecule has 7 nitrogen and oxygen atoms in total. The number of rotatable bonds is 7. The van der Waals surface area contributed by atoms with Gasteiger partial charge in [-0.1, -0.05) is 37.0 Å². The van der Waals surface area contributed by atoms with Gasteiger partial charge in [0.15, 0.2) is 5.15 Å². The first kappa shape index (κ1) is 20.9. The van der Waals surface area contributed by atoms with Gasteiger partial charge < -0.3 is 0 Å². The number of hydrogen-bond donors (Lipinski definition) is 1. The highest BCUT2D eigenvalue weighted by Crippen LogP contribution is 2.25. The second-order valence-electron chi connectivity index (χ2n) is 5.14. The molecule has 11 heteroatoms. The fraction of sp³-hybridized carbons (Fsp3) is 0.267. The maximum absolute atomic E-state index is 12.4. The van der Waals surface area contributed by atoms with E-state index in [9.17, 15) is 16.8 Å². The third kappa shape index (κ3) is 4.47. The lowest BCUT2D eigenvalue weighted by Gasteiger charge is -2.18. The van der Waals surface area contributed by atoms with E-state index in [2.05, 4.69) is 9.71 Å². The second-order valence-corrected chi connectivity index (χ2v) is 9.48. The second kappa shape index (κ2) is 8.10. The van der Waals surface area contributed by atoms with E-state index in [0.717, 1.165) is 0 Å². The van der Waals surface area contributed by atoms with E-state index in [1.54, 1.807) is 13.8 Å². The molecule has 0 spiro atoms. The molecular weight excluding hydrogens is 421 g/mol. The quantitative estimate of drug-likeness (QED) is 0.670. The van der Waals surface area contributed by atoms with Gasteiger partial charge in [-0.15, -0.1) is 0 Å². The third-order valence-electron chi connectivity index (χ3n) is 3.52. The molecule has 0 radical (unpaired) electrons. The van der Waals surface area contributed by atoms with E-state index in [1.807, 2.05) is 0 Å². The molecular formula is C15H17Cl2N3O4S2. The maximum Gasteiger partial charge on any atom is 0.264 e. The first-order chi connectivity index (χ1) is 12.1. The summed E-state index contributed by atoms with van der Waals surface area (Å²) >= 11 is 11.5. The van der Waals surface area contributed by atoms with Crippen LogP contribution in [0.1, 0.15) is 13.8 Å². The SMILES string of the molecule is CCN(CC)S(=O)(=O)c1ccc(NS(=O)(=O)c2ccc(Cl)nc2Cl)cc1. The van der Waals surface area contributed by atoms with Crippen molar-refractivity contribution in [1.82, 2.24) is 9.29 Å². The van der Waals surface area contributed by atoms with Gasteiger partial charge in [0.2, 0.25) is 10.0 Å². The van der Waals surface area contributed by atoms with Crippen LogP contribution in [0.2, 0.25) is 10.3 Å². The summed E-state index contributed by atoms with van der Waals surface area (Å²) < 4.78 is 53.3. The van der Waals surface area contributed by atoms with Crippen LogP contribution in [0.5, 0.6) is 0 Å². The Morgan fingerprint density at radius 1 is 0.962 bits per heavy atom. The van der Waals surface area contributed by atoms with Gasteiger partial charge in [0.25, 0.3) is 10.0 Å². The molecule has 0 aliphatic rings. The van der Waals surface area contributed by atoms with E-state index < -0.39 is 20.0 Å². The number of nitrogens with one attached hydrogen (secondary N) is 1. The van der Waals surface area contributed by atoms with Crippen LogP contribution in [0.25, 0.3) is 0 Å². The third-order valence-corrected chi connectivity index (χ3v) is 7.61. The fourth-order valence-corrected chi connectivity index (χ4v) is 5.40. The van der Waals surface area contributed by atoms with Crippen molar-refractivity contribution in [3.8, 4) is 0 Å². The van der Waals surface area contributed by atoms with Gasteiger partial charge in [-0.05, 0) is 36.4 Å². The highest BCUT2D eigenvalue weighted by molar-refractivity contribution is 7.92. The molecule has 142 valence electrons. The van der Waals surface area contributed by atoms with Crippen LogP contribution >= 0.6 is 23.2 Å². The van der Waals surface area contributed by atoms with Crippen molar-refractivity contribution < 1.29 is 16.8 Å². The molecule has 1 aromatic heterocycles. The van der Waals surface area contributed by atoms with E-state index >= 15 is 0 Å². The Morgan fingerprint density at radius 3 is 2.04 bits per heavy atom. The van der Waals surface area contributed by atoms with Crippen molar-refractivity contribution in [2.45, 2.75) is 23.6 Å². The van der Waals surface area contributed by atoms with Crippen molar-refractivity contribution in [1.29, 1.82) is 0 Å². The molecule has 1 heterocycles. The van der Waals surface area contributed by atoms with Crippen molar-refractivity contribution in [3.05, 3.63) is 46.7 Å². The Labute approximate surface area is 163 Å². The van der Waals surface area contributed by atoms with Crippen LogP contribution in [-0.4, -0.2) is 39.2 Å². The molecule has 0 aliphatic heterocycles. The zero-order chi connectivity index (χ0) is 19.5. The largest absolute Gasteiger partial charge is 0.280 e. The van der Waals surface area contributed by atoms with E-state index in [-0.39, 0.29) is 25.8 Å². The Hall–Kier alpha value is -1.39. The van der Waals surface area contributed by atoms with Crippen LogP contribution in [-0.2, 0) is 20.0 Å². The highest BCUT2D eigenvalue weighted by atomic mass is 35.5. The molecule has 0 amide bonds. The molecule has 0 aliphatic carbocycles. The van der Waals surface area contributed by atoms with Crippen molar-refractivity contribution in [3.63, 3.8) is 0 Å². The van der Waals surface area contributed by atoms with Gasteiger partial charge in [0.05, 0.1) is 4.90 Å². The first-order valence-electron chi connectivity index (χ1n) is 7.57. The normalized spacial score (nSPS) is 12.3. The number of hydrogen-bond acceptors (Lipinski definition) is 5. The van der Waals surface area contributed by atoms with Crippen molar-refractivity contribution >= 4 is 48.9 Å². The number of halogens is 2. The Morgan fingerprint density at radius 2 is 1.54 bits per heavy atom. The molecule has 1 aromatic carbocycles. The summed E-state index contributed by atoms with van der Waals surface area (Å²) in [4.78, 5) is 3.54. The molecule has 0 atom stereocenters. The predicted octanol–water partition coefficient (Wildman–Crippen LogP) is 3.22. The minimum absolute atomic E-state index is 0.0694. The fourth-order valence-electron chi connectivity index (χ4n) is 2.22. The standard InChI is InChI=1S/C15H17Cl2N3O4S2/c1-3-20(4-2)26(23,24)12-7-5-11(6-8-12)19-25(21,22)13-9-10-14(16)18-15(13)17/h5-10,19H,3-4H2,1-2H3. The zero-order valence-electron chi connectivity index (χ0n) is 14.0. The van der Waals surface area contributed by atoms with E-state index in [4.69, 9.17) is 23.2 Å². The van der Waals surface area contributed by atoms with E-state index in [0.29, 0.717) is 13.1 Å². The minimum atomic E-state index is -4.00. The molecule has 0 fully saturated rings. The van der Waals surface area contributed by atoms with Gasteiger partial charge in [0, 0.05) is 18.8 Å². The number of benzene rings is 1. The molecule has 26 heavy (non-hydrogen) atoms. The molecule has 2 aromatic rings. The predicted molar refractivity (Wildman–Crippen MR) is 102 cm³/mol. The van der Waals surface area contributed by atoms with Gasteiger partial charge in [-0.3, -0.25) is 4.72 Å². The Balaban J connectivity index is 2.29. The molecule has 2 rings (SSSR count). The lowest BCUT2D eigenvalue weighted by Crippen LogP contribution is -2.30. The summed E-state index contributed by atoms with van der Waals surface area (Å²) in [5.41, 5.74) is 0.189. The number of pyridine rings is 1. The van der Waals surface area contributed by atoms with Gasteiger partial charge in [-0.2, -0.15) is 4.31 Å². The Kier molecular flexibility index (Phi) is 6.51. The number of nitrogens with zero attached hydrogens (tertiary/aromatic N) is 2. The molecule has 0 unspecified atom stereocenters. The van der Waals surface area contributed by atoms with E-state index in [1.165, 1.54) is 40.7 Å². The van der Waals surface area contributed by atoms with Crippen LogP contribution in [0, 0.1) is 0 Å². The lowest BCUT2D eigenvalue weighted by atomic mass is 10.3. The summed E-state index contributed by atoms with van der Waals surface area (Å²) in [7, 11) is -7.61. The van der Waals surface area contributed by atoms with Crippen LogP contribution in [0.3, 0.4) is 0 Å². The van der Waals surface area contributed by atoms with Gasteiger partial charge in [-0.25, -0.2) is 21.8 Å². The monoisotopic (exact) mass is 437 g/mol. The van der Waals surface area contributed by atoms with Gasteiger partial charge in [0.1, 0.15) is 10.0 Å². The van der Waals surface area contributed by atoms with Crippen molar-refractivity contribution in [2.24, 2.45) is 0 Å². The average Bonchev–Trinajstić information content (AvgIpc) is 2.55. The molecule has 0 saturated carbocycles. The van der Waals surface area contributed by atoms with Crippen LogP contribution < -0.4 is 4.72 Å². The summed E-state index contributed by atoms with van der Waals surface area (Å²) in [6.07, 6.45) is 0. The molecule has 1 N–H and O–H groups in total. The molecule has 0 saturated heterocycles. The van der Waals surface area contributed by atoms with Gasteiger partial charge >= 0.3 is 0 Å². The number of anilines is 1. The van der Waals surface area contributed by atoms with Crippen LogP contribution in [0.15, 0.2) is 46.2 Å². The first-order valence-corrected chi connectivity index (χ1v) is 11.2. The summed E-state index contributed by atoms with van der Waals surface area (Å²) in [5.74, 6) is 0. The zero-order valence-corrected chi connectivity index (χ0v) is 17.1. The summed E-state index contributed by atoms with van der Waals surface area (Å²) in [5, 5.41) is -0.189. The number of aromatic nitrogens is 1. The highest BCUT2D eigenvalue weighted by Gasteiger charge is 2.22. The topological polar surface area (TPSA) is 96.4 Å². The lowest BCUT2D eigenvalue weighted by molar-refractivity contribution is 0.445. The average molecular weight is 438 g/mol. The minimum Gasteiger partial charge on any atom is -0.280 e. The maximum atomic E-state index is 12.4. The number of sulfonamides is 2.